The SMILES string of the molecule is Cc1cc(C)cc(NC(=O)CCN(c2ccc(N(C)C)cc2)S(C)(=O)=O)c1. The van der Waals surface area contributed by atoms with E-state index in [0.717, 1.165) is 28.8 Å². The van der Waals surface area contributed by atoms with Crippen molar-refractivity contribution in [2.24, 2.45) is 0 Å². The molecule has 2 aromatic rings. The average molecular weight is 390 g/mol. The molecule has 7 heteroatoms. The third-order valence-corrected chi connectivity index (χ3v) is 5.30. The number of hydrogen-bond acceptors (Lipinski definition) is 4. The van der Waals surface area contributed by atoms with E-state index in [0.29, 0.717) is 5.69 Å². The van der Waals surface area contributed by atoms with Gasteiger partial charge in [-0.25, -0.2) is 8.42 Å². The maximum atomic E-state index is 12.3. The van der Waals surface area contributed by atoms with E-state index in [-0.39, 0.29) is 18.9 Å². The van der Waals surface area contributed by atoms with Crippen molar-refractivity contribution in [1.29, 1.82) is 0 Å². The monoisotopic (exact) mass is 389 g/mol. The van der Waals surface area contributed by atoms with Gasteiger partial charge in [0, 0.05) is 38.4 Å². The van der Waals surface area contributed by atoms with E-state index >= 15 is 0 Å². The molecule has 1 amide bonds. The Morgan fingerprint density at radius 2 is 1.48 bits per heavy atom. The van der Waals surface area contributed by atoms with E-state index in [1.54, 1.807) is 12.1 Å². The van der Waals surface area contributed by atoms with Gasteiger partial charge in [-0.3, -0.25) is 9.10 Å². The molecule has 1 N–H and O–H groups in total. The summed E-state index contributed by atoms with van der Waals surface area (Å²) in [5, 5.41) is 2.84. The molecule has 146 valence electrons. The normalized spacial score (nSPS) is 11.1. The van der Waals surface area contributed by atoms with Gasteiger partial charge in [0.2, 0.25) is 15.9 Å². The third-order valence-electron chi connectivity index (χ3n) is 4.10. The molecule has 0 spiro atoms. The summed E-state index contributed by atoms with van der Waals surface area (Å²) in [6.07, 6.45) is 1.21. The zero-order valence-corrected chi connectivity index (χ0v) is 17.3. The summed E-state index contributed by atoms with van der Waals surface area (Å²) in [6.45, 7) is 4.01. The van der Waals surface area contributed by atoms with Gasteiger partial charge in [-0.15, -0.1) is 0 Å². The summed E-state index contributed by atoms with van der Waals surface area (Å²) in [7, 11) is 0.341. The summed E-state index contributed by atoms with van der Waals surface area (Å²) in [4.78, 5) is 14.2. The molecule has 0 saturated heterocycles. The first-order valence-electron chi connectivity index (χ1n) is 8.69. The minimum Gasteiger partial charge on any atom is -0.378 e. The fourth-order valence-corrected chi connectivity index (χ4v) is 3.80. The van der Waals surface area contributed by atoms with Crippen LogP contribution in [0.15, 0.2) is 42.5 Å². The fraction of sp³-hybridized carbons (Fsp3) is 0.350. The first kappa shape index (κ1) is 20.8. The Morgan fingerprint density at radius 3 is 1.96 bits per heavy atom. The molecule has 0 aromatic heterocycles. The van der Waals surface area contributed by atoms with Gasteiger partial charge in [-0.2, -0.15) is 0 Å². The van der Waals surface area contributed by atoms with Gasteiger partial charge < -0.3 is 10.2 Å². The van der Waals surface area contributed by atoms with Crippen molar-refractivity contribution in [3.8, 4) is 0 Å². The van der Waals surface area contributed by atoms with Crippen LogP contribution in [0.5, 0.6) is 0 Å². The van der Waals surface area contributed by atoms with Crippen LogP contribution in [-0.2, 0) is 14.8 Å². The summed E-state index contributed by atoms with van der Waals surface area (Å²) >= 11 is 0. The topological polar surface area (TPSA) is 69.7 Å². The molecule has 0 heterocycles. The molecule has 0 radical (unpaired) electrons. The second-order valence-corrected chi connectivity index (χ2v) is 8.83. The van der Waals surface area contributed by atoms with Gasteiger partial charge >= 0.3 is 0 Å². The summed E-state index contributed by atoms with van der Waals surface area (Å²) in [5.41, 5.74) is 4.36. The van der Waals surface area contributed by atoms with Gasteiger partial charge in [-0.1, -0.05) is 6.07 Å². The van der Waals surface area contributed by atoms with Crippen molar-refractivity contribution < 1.29 is 13.2 Å². The van der Waals surface area contributed by atoms with Crippen LogP contribution in [0, 0.1) is 13.8 Å². The Morgan fingerprint density at radius 1 is 0.963 bits per heavy atom. The Hall–Kier alpha value is -2.54. The van der Waals surface area contributed by atoms with Crippen LogP contribution in [-0.4, -0.2) is 41.2 Å². The van der Waals surface area contributed by atoms with Crippen molar-refractivity contribution in [1.82, 2.24) is 0 Å². The van der Waals surface area contributed by atoms with Crippen molar-refractivity contribution in [2.75, 3.05) is 41.4 Å². The van der Waals surface area contributed by atoms with Crippen LogP contribution < -0.4 is 14.5 Å². The highest BCUT2D eigenvalue weighted by molar-refractivity contribution is 7.92. The third kappa shape index (κ3) is 5.99. The largest absolute Gasteiger partial charge is 0.378 e. The van der Waals surface area contributed by atoms with Crippen LogP contribution in [0.2, 0.25) is 0 Å². The zero-order valence-electron chi connectivity index (χ0n) is 16.5. The minimum atomic E-state index is -3.49. The Balaban J connectivity index is 2.09. The number of sulfonamides is 1. The zero-order chi connectivity index (χ0) is 20.2. The minimum absolute atomic E-state index is 0.0650. The lowest BCUT2D eigenvalue weighted by Crippen LogP contribution is -2.33. The number of amides is 1. The highest BCUT2D eigenvalue weighted by Gasteiger charge is 2.19. The molecule has 0 saturated carbocycles. The number of carbonyl (C=O) groups is 1. The van der Waals surface area contributed by atoms with Crippen molar-refractivity contribution in [2.45, 2.75) is 20.3 Å². The second kappa shape index (κ2) is 8.43. The molecule has 0 unspecified atom stereocenters. The van der Waals surface area contributed by atoms with Crippen molar-refractivity contribution in [3.63, 3.8) is 0 Å². The Bertz CT molecular complexity index is 886. The first-order valence-corrected chi connectivity index (χ1v) is 10.5. The van der Waals surface area contributed by atoms with Gasteiger partial charge in [0.25, 0.3) is 0 Å². The lowest BCUT2D eigenvalue weighted by atomic mass is 10.1. The van der Waals surface area contributed by atoms with Crippen molar-refractivity contribution >= 4 is 33.0 Å². The smallest absolute Gasteiger partial charge is 0.232 e. The van der Waals surface area contributed by atoms with Crippen LogP contribution in [0.3, 0.4) is 0 Å². The average Bonchev–Trinajstić information content (AvgIpc) is 2.53. The Kier molecular flexibility index (Phi) is 6.49. The molecule has 2 aromatic carbocycles. The first-order chi connectivity index (χ1) is 12.6. The van der Waals surface area contributed by atoms with Crippen molar-refractivity contribution in [3.05, 3.63) is 53.6 Å². The van der Waals surface area contributed by atoms with Crippen LogP contribution in [0.4, 0.5) is 17.1 Å². The number of nitrogens with one attached hydrogen (secondary N) is 1. The van der Waals surface area contributed by atoms with E-state index < -0.39 is 10.0 Å². The number of anilines is 3. The highest BCUT2D eigenvalue weighted by Crippen LogP contribution is 2.22. The second-order valence-electron chi connectivity index (χ2n) is 6.92. The molecule has 27 heavy (non-hydrogen) atoms. The molecule has 2 rings (SSSR count). The Labute approximate surface area is 161 Å². The molecule has 0 aliphatic heterocycles. The predicted octanol–water partition coefficient (Wildman–Crippen LogP) is 3.16. The molecule has 0 aliphatic rings. The number of carbonyl (C=O) groups excluding carboxylic acids is 1. The molecule has 6 nitrogen and oxygen atoms in total. The van der Waals surface area contributed by atoms with E-state index in [9.17, 15) is 13.2 Å². The highest BCUT2D eigenvalue weighted by atomic mass is 32.2. The van der Waals surface area contributed by atoms with Crippen LogP contribution in [0.1, 0.15) is 17.5 Å². The maximum Gasteiger partial charge on any atom is 0.232 e. The quantitative estimate of drug-likeness (QED) is 0.790. The summed E-state index contributed by atoms with van der Waals surface area (Å²) in [5.74, 6) is -0.224. The van der Waals surface area contributed by atoms with Gasteiger partial charge in [0.15, 0.2) is 0 Å². The molecule has 0 aliphatic carbocycles. The molecule has 0 atom stereocenters. The lowest BCUT2D eigenvalue weighted by Gasteiger charge is -2.23. The van der Waals surface area contributed by atoms with Gasteiger partial charge in [0.05, 0.1) is 11.9 Å². The number of nitrogens with zero attached hydrogens (tertiary/aromatic N) is 2. The number of rotatable bonds is 7. The number of aryl methyl sites for hydroxylation is 2. The van der Waals surface area contributed by atoms with E-state index in [4.69, 9.17) is 0 Å². The molecule has 0 fully saturated rings. The molecule has 0 bridgehead atoms. The van der Waals surface area contributed by atoms with E-state index in [1.807, 2.05) is 63.2 Å². The summed E-state index contributed by atoms with van der Waals surface area (Å²) < 4.78 is 25.6. The lowest BCUT2D eigenvalue weighted by molar-refractivity contribution is -0.116. The van der Waals surface area contributed by atoms with Crippen LogP contribution >= 0.6 is 0 Å². The predicted molar refractivity (Wildman–Crippen MR) is 112 cm³/mol. The molecular weight excluding hydrogens is 362 g/mol. The molecular formula is C20H27N3O3S. The van der Waals surface area contributed by atoms with Gasteiger partial charge in [0.1, 0.15) is 0 Å². The maximum absolute atomic E-state index is 12.3. The fourth-order valence-electron chi connectivity index (χ4n) is 2.88. The van der Waals surface area contributed by atoms with Crippen LogP contribution in [0.25, 0.3) is 0 Å². The van der Waals surface area contributed by atoms with Gasteiger partial charge in [-0.05, 0) is 61.4 Å². The summed E-state index contributed by atoms with van der Waals surface area (Å²) in [6, 6.07) is 13.0. The number of hydrogen-bond donors (Lipinski definition) is 1. The standard InChI is InChI=1S/C20H27N3O3S/c1-15-12-16(2)14-17(13-15)21-20(24)10-11-23(27(5,25)26)19-8-6-18(7-9-19)22(3)4/h6-9,12-14H,10-11H2,1-5H3,(H,21,24). The number of benzene rings is 2. The van der Waals surface area contributed by atoms with E-state index in [1.165, 1.54) is 4.31 Å². The van der Waals surface area contributed by atoms with E-state index in [2.05, 4.69) is 5.32 Å².